The number of hydrogen-bond donors (Lipinski definition) is 0. The Labute approximate surface area is 151 Å². The van der Waals surface area contributed by atoms with Gasteiger partial charge in [0.15, 0.2) is 0 Å². The molecule has 2 heterocycles. The van der Waals surface area contributed by atoms with Crippen molar-refractivity contribution in [1.29, 1.82) is 0 Å². The van der Waals surface area contributed by atoms with E-state index in [9.17, 15) is 4.79 Å². The van der Waals surface area contributed by atoms with Gasteiger partial charge in [-0.2, -0.15) is 0 Å². The molecule has 6 nitrogen and oxygen atoms in total. The molecular formula is C20H19N3O3. The Morgan fingerprint density at radius 3 is 2.42 bits per heavy atom. The molecule has 3 aromatic rings. The topological polar surface area (TPSA) is 74.2 Å². The van der Waals surface area contributed by atoms with E-state index in [4.69, 9.17) is 14.5 Å². The van der Waals surface area contributed by atoms with E-state index in [2.05, 4.69) is 9.97 Å². The second-order valence-electron chi connectivity index (χ2n) is 5.63. The molecule has 0 radical (unpaired) electrons. The third-order valence-electron chi connectivity index (χ3n) is 3.73. The molecule has 0 aliphatic carbocycles. The molecule has 6 heteroatoms. The lowest BCUT2D eigenvalue weighted by molar-refractivity contribution is -0.142. The van der Waals surface area contributed by atoms with Crippen molar-refractivity contribution < 1.29 is 14.3 Å². The number of methoxy groups -OCH3 is 1. The Kier molecular flexibility index (Phi) is 5.53. The Morgan fingerprint density at radius 2 is 1.77 bits per heavy atom. The summed E-state index contributed by atoms with van der Waals surface area (Å²) in [4.78, 5) is 24.8. The first kappa shape index (κ1) is 17.5. The average molecular weight is 349 g/mol. The summed E-state index contributed by atoms with van der Waals surface area (Å²) < 4.78 is 10.5. The minimum Gasteiger partial charge on any atom is -0.480 e. The number of benzene rings is 1. The molecule has 0 unspecified atom stereocenters. The molecular weight excluding hydrogens is 330 g/mol. The van der Waals surface area contributed by atoms with Gasteiger partial charge in [0.05, 0.1) is 12.8 Å². The van der Waals surface area contributed by atoms with Crippen molar-refractivity contribution in [2.45, 2.75) is 20.0 Å². The molecule has 0 spiro atoms. The van der Waals surface area contributed by atoms with Crippen LogP contribution in [-0.4, -0.2) is 28.0 Å². The number of nitrogens with zero attached hydrogens (tertiary/aromatic N) is 3. The van der Waals surface area contributed by atoms with Gasteiger partial charge in [-0.1, -0.05) is 36.4 Å². The third kappa shape index (κ3) is 4.22. The number of carbonyl (C=O) groups excluding carboxylic acids is 1. The van der Waals surface area contributed by atoms with Gasteiger partial charge in [-0.25, -0.2) is 9.97 Å². The first-order valence-corrected chi connectivity index (χ1v) is 8.20. The molecule has 0 fully saturated rings. The van der Waals surface area contributed by atoms with Gasteiger partial charge in [0.2, 0.25) is 5.88 Å². The number of carbonyl (C=O) groups is 1. The van der Waals surface area contributed by atoms with E-state index in [-0.39, 0.29) is 12.6 Å². The maximum Gasteiger partial charge on any atom is 0.303 e. The van der Waals surface area contributed by atoms with Crippen LogP contribution in [0.5, 0.6) is 5.88 Å². The Morgan fingerprint density at radius 1 is 1.00 bits per heavy atom. The van der Waals surface area contributed by atoms with Crippen LogP contribution in [0.2, 0.25) is 0 Å². The lowest BCUT2D eigenvalue weighted by atomic mass is 10.1. The van der Waals surface area contributed by atoms with Crippen LogP contribution in [0.3, 0.4) is 0 Å². The zero-order valence-electron chi connectivity index (χ0n) is 14.7. The molecule has 0 saturated carbocycles. The Hall–Kier alpha value is -3.28. The van der Waals surface area contributed by atoms with Crippen LogP contribution in [0.1, 0.15) is 23.9 Å². The van der Waals surface area contributed by atoms with E-state index in [0.717, 1.165) is 5.56 Å². The summed E-state index contributed by atoms with van der Waals surface area (Å²) in [6.07, 6.45) is 2.26. The molecule has 0 N–H and O–H groups in total. The van der Waals surface area contributed by atoms with Crippen LogP contribution in [0.4, 0.5) is 0 Å². The zero-order valence-corrected chi connectivity index (χ0v) is 14.7. The van der Waals surface area contributed by atoms with Gasteiger partial charge in [0, 0.05) is 19.5 Å². The minimum atomic E-state index is -0.383. The van der Waals surface area contributed by atoms with E-state index in [1.807, 2.05) is 48.5 Å². The summed E-state index contributed by atoms with van der Waals surface area (Å²) >= 11 is 0. The number of esters is 1. The second-order valence-corrected chi connectivity index (χ2v) is 5.63. The maximum atomic E-state index is 11.2. The summed E-state index contributed by atoms with van der Waals surface area (Å²) in [6.45, 7) is 1.37. The molecule has 132 valence electrons. The highest BCUT2D eigenvalue weighted by atomic mass is 16.5. The van der Waals surface area contributed by atoms with Crippen molar-refractivity contribution >= 4 is 5.97 Å². The van der Waals surface area contributed by atoms with E-state index in [0.29, 0.717) is 35.1 Å². The number of hydrogen-bond acceptors (Lipinski definition) is 6. The first-order chi connectivity index (χ1) is 12.7. The monoisotopic (exact) mass is 349 g/mol. The molecule has 0 bridgehead atoms. The molecule has 2 aromatic heterocycles. The van der Waals surface area contributed by atoms with Crippen molar-refractivity contribution in [3.63, 3.8) is 0 Å². The van der Waals surface area contributed by atoms with E-state index < -0.39 is 0 Å². The highest BCUT2D eigenvalue weighted by Crippen LogP contribution is 2.25. The SMILES string of the molecule is COc1nc(COC(C)=O)c(-c2ccccn2)nc1Cc1ccccc1. The molecule has 26 heavy (non-hydrogen) atoms. The third-order valence-corrected chi connectivity index (χ3v) is 3.73. The van der Waals surface area contributed by atoms with E-state index >= 15 is 0 Å². The summed E-state index contributed by atoms with van der Waals surface area (Å²) in [6, 6.07) is 15.5. The van der Waals surface area contributed by atoms with Crippen LogP contribution in [0.15, 0.2) is 54.7 Å². The molecule has 0 aliphatic heterocycles. The lowest BCUT2D eigenvalue weighted by Crippen LogP contribution is -2.09. The van der Waals surface area contributed by atoms with Gasteiger partial charge in [-0.15, -0.1) is 0 Å². The van der Waals surface area contributed by atoms with Gasteiger partial charge in [0.25, 0.3) is 0 Å². The van der Waals surface area contributed by atoms with Crippen molar-refractivity contribution in [2.75, 3.05) is 7.11 Å². The first-order valence-electron chi connectivity index (χ1n) is 8.20. The summed E-state index contributed by atoms with van der Waals surface area (Å²) in [5.74, 6) is 0.0294. The van der Waals surface area contributed by atoms with Gasteiger partial charge in [0.1, 0.15) is 23.7 Å². The molecule has 0 aliphatic rings. The largest absolute Gasteiger partial charge is 0.480 e. The maximum absolute atomic E-state index is 11.2. The summed E-state index contributed by atoms with van der Waals surface area (Å²) in [5.41, 5.74) is 3.55. The minimum absolute atomic E-state index is 0.0101. The molecule has 3 rings (SSSR count). The van der Waals surface area contributed by atoms with E-state index in [1.54, 1.807) is 13.3 Å². The number of ether oxygens (including phenoxy) is 2. The van der Waals surface area contributed by atoms with Gasteiger partial charge < -0.3 is 9.47 Å². The van der Waals surface area contributed by atoms with E-state index in [1.165, 1.54) is 6.92 Å². The Balaban J connectivity index is 2.06. The van der Waals surface area contributed by atoms with Crippen LogP contribution in [0.25, 0.3) is 11.4 Å². The summed E-state index contributed by atoms with van der Waals surface area (Å²) in [7, 11) is 1.55. The average Bonchev–Trinajstić information content (AvgIpc) is 2.68. The standard InChI is InChI=1S/C20H19N3O3/c1-14(24)26-13-18-19(16-10-6-7-11-21-16)22-17(20(23-18)25-2)12-15-8-4-3-5-9-15/h3-11H,12-13H2,1-2H3. The van der Waals surface area contributed by atoms with Crippen LogP contribution in [-0.2, 0) is 22.6 Å². The van der Waals surface area contributed by atoms with Crippen LogP contribution in [0, 0.1) is 0 Å². The predicted octanol–water partition coefficient (Wildman–Crippen LogP) is 3.20. The highest BCUT2D eigenvalue weighted by Gasteiger charge is 2.18. The summed E-state index contributed by atoms with van der Waals surface area (Å²) in [5, 5.41) is 0. The lowest BCUT2D eigenvalue weighted by Gasteiger charge is -2.13. The van der Waals surface area contributed by atoms with Crippen molar-refractivity contribution in [2.24, 2.45) is 0 Å². The number of rotatable bonds is 6. The fourth-order valence-electron chi connectivity index (χ4n) is 2.53. The van der Waals surface area contributed by atoms with Crippen molar-refractivity contribution in [3.8, 4) is 17.3 Å². The zero-order chi connectivity index (χ0) is 18.4. The molecule has 0 saturated heterocycles. The van der Waals surface area contributed by atoms with Crippen LogP contribution < -0.4 is 4.74 Å². The van der Waals surface area contributed by atoms with Crippen molar-refractivity contribution in [1.82, 2.24) is 15.0 Å². The normalized spacial score (nSPS) is 10.4. The predicted molar refractivity (Wildman–Crippen MR) is 96.5 cm³/mol. The van der Waals surface area contributed by atoms with Gasteiger partial charge in [-0.3, -0.25) is 9.78 Å². The van der Waals surface area contributed by atoms with Gasteiger partial charge in [-0.05, 0) is 17.7 Å². The van der Waals surface area contributed by atoms with Crippen molar-refractivity contribution in [3.05, 3.63) is 71.7 Å². The smallest absolute Gasteiger partial charge is 0.303 e. The molecule has 1 aromatic carbocycles. The fourth-order valence-corrected chi connectivity index (χ4v) is 2.53. The molecule has 0 amide bonds. The number of aromatic nitrogens is 3. The quantitative estimate of drug-likeness (QED) is 0.636. The second kappa shape index (κ2) is 8.20. The van der Waals surface area contributed by atoms with Crippen LogP contribution >= 0.6 is 0 Å². The molecule has 0 atom stereocenters. The van der Waals surface area contributed by atoms with Gasteiger partial charge >= 0.3 is 5.97 Å². The Bertz CT molecular complexity index is 884. The highest BCUT2D eigenvalue weighted by molar-refractivity contribution is 5.66. The fraction of sp³-hybridized carbons (Fsp3) is 0.200. The number of pyridine rings is 1.